The molecule has 7 heteroatoms. The molecule has 0 radical (unpaired) electrons. The molecule has 0 aromatic heterocycles. The molecular weight excluding hydrogens is 298 g/mol. The number of hydrogen-bond donors (Lipinski definition) is 2. The standard InChI is InChI=1S/C14H14F2N2O2S/c1-8-5-11(6-9(2)14(8)16)21(19,20)18-13-7-10(15)3-4-12(13)17/h3-7,18H,17H2,1-2H3. The maximum absolute atomic E-state index is 13.6. The van der Waals surface area contributed by atoms with E-state index in [2.05, 4.69) is 4.72 Å². The molecule has 0 atom stereocenters. The van der Waals surface area contributed by atoms with Gasteiger partial charge in [-0.3, -0.25) is 4.72 Å². The number of sulfonamides is 1. The average Bonchev–Trinajstić information content (AvgIpc) is 2.39. The van der Waals surface area contributed by atoms with Gasteiger partial charge in [0.25, 0.3) is 10.0 Å². The number of aryl methyl sites for hydroxylation is 2. The Kier molecular flexibility index (Phi) is 3.87. The van der Waals surface area contributed by atoms with Gasteiger partial charge in [-0.1, -0.05) is 0 Å². The Morgan fingerprint density at radius 2 is 1.62 bits per heavy atom. The fourth-order valence-corrected chi connectivity index (χ4v) is 3.13. The van der Waals surface area contributed by atoms with Gasteiger partial charge in [-0.15, -0.1) is 0 Å². The van der Waals surface area contributed by atoms with Crippen LogP contribution in [0.3, 0.4) is 0 Å². The summed E-state index contributed by atoms with van der Waals surface area (Å²) in [5.74, 6) is -1.08. The summed E-state index contributed by atoms with van der Waals surface area (Å²) in [6.45, 7) is 2.94. The Morgan fingerprint density at radius 3 is 2.19 bits per heavy atom. The number of halogens is 2. The van der Waals surface area contributed by atoms with Gasteiger partial charge in [0.2, 0.25) is 0 Å². The largest absolute Gasteiger partial charge is 0.397 e. The first-order valence-corrected chi connectivity index (χ1v) is 7.53. The van der Waals surface area contributed by atoms with Crippen LogP contribution in [-0.4, -0.2) is 8.42 Å². The molecule has 0 bridgehead atoms. The van der Waals surface area contributed by atoms with Crippen LogP contribution in [0.2, 0.25) is 0 Å². The summed E-state index contributed by atoms with van der Waals surface area (Å²) >= 11 is 0. The summed E-state index contributed by atoms with van der Waals surface area (Å²) in [7, 11) is -3.98. The zero-order valence-corrected chi connectivity index (χ0v) is 12.3. The third kappa shape index (κ3) is 3.13. The molecule has 2 rings (SSSR count). The molecule has 3 N–H and O–H groups in total. The number of nitrogens with one attached hydrogen (secondary N) is 1. The van der Waals surface area contributed by atoms with E-state index in [0.717, 1.165) is 12.1 Å². The Hall–Kier alpha value is -2.15. The molecule has 0 heterocycles. The van der Waals surface area contributed by atoms with Crippen molar-refractivity contribution in [2.45, 2.75) is 18.7 Å². The Balaban J connectivity index is 2.46. The van der Waals surface area contributed by atoms with Crippen molar-refractivity contribution < 1.29 is 17.2 Å². The lowest BCUT2D eigenvalue weighted by atomic mass is 10.1. The molecule has 0 aliphatic heterocycles. The number of anilines is 2. The SMILES string of the molecule is Cc1cc(S(=O)(=O)Nc2cc(F)ccc2N)cc(C)c1F. The Labute approximate surface area is 121 Å². The molecule has 0 aliphatic rings. The lowest BCUT2D eigenvalue weighted by molar-refractivity contribution is 0.595. The minimum Gasteiger partial charge on any atom is -0.397 e. The first kappa shape index (κ1) is 15.2. The molecular formula is C14H14F2N2O2S. The van der Waals surface area contributed by atoms with Gasteiger partial charge in [-0.2, -0.15) is 0 Å². The van der Waals surface area contributed by atoms with Gasteiger partial charge in [0, 0.05) is 6.07 Å². The second-order valence-electron chi connectivity index (χ2n) is 4.71. The summed E-state index contributed by atoms with van der Waals surface area (Å²) in [5, 5.41) is 0. The highest BCUT2D eigenvalue weighted by Gasteiger charge is 2.18. The molecule has 0 saturated heterocycles. The number of benzene rings is 2. The number of rotatable bonds is 3. The van der Waals surface area contributed by atoms with Crippen LogP contribution in [-0.2, 0) is 10.0 Å². The van der Waals surface area contributed by atoms with Crippen molar-refractivity contribution in [2.75, 3.05) is 10.5 Å². The van der Waals surface area contributed by atoms with E-state index in [0.29, 0.717) is 0 Å². The molecule has 21 heavy (non-hydrogen) atoms. The molecule has 2 aromatic carbocycles. The molecule has 112 valence electrons. The second-order valence-corrected chi connectivity index (χ2v) is 6.39. The van der Waals surface area contributed by atoms with Crippen LogP contribution >= 0.6 is 0 Å². The lowest BCUT2D eigenvalue weighted by Crippen LogP contribution is -2.15. The molecule has 0 amide bonds. The summed E-state index contributed by atoms with van der Waals surface area (Å²) < 4.78 is 53.5. The molecule has 2 aromatic rings. The van der Waals surface area contributed by atoms with Crippen LogP contribution in [0.1, 0.15) is 11.1 Å². The van der Waals surface area contributed by atoms with Gasteiger partial charge >= 0.3 is 0 Å². The van der Waals surface area contributed by atoms with Gasteiger partial charge in [0.05, 0.1) is 16.3 Å². The van der Waals surface area contributed by atoms with E-state index < -0.39 is 21.7 Å². The van der Waals surface area contributed by atoms with Crippen molar-refractivity contribution >= 4 is 21.4 Å². The average molecular weight is 312 g/mol. The quantitative estimate of drug-likeness (QED) is 0.856. The summed E-state index contributed by atoms with van der Waals surface area (Å²) in [6, 6.07) is 5.78. The van der Waals surface area contributed by atoms with Crippen molar-refractivity contribution in [2.24, 2.45) is 0 Å². The first-order chi connectivity index (χ1) is 9.70. The zero-order valence-electron chi connectivity index (χ0n) is 11.4. The molecule has 0 spiro atoms. The number of hydrogen-bond acceptors (Lipinski definition) is 3. The highest BCUT2D eigenvalue weighted by atomic mass is 32.2. The second kappa shape index (κ2) is 5.33. The molecule has 0 unspecified atom stereocenters. The van der Waals surface area contributed by atoms with Crippen molar-refractivity contribution in [1.29, 1.82) is 0 Å². The van der Waals surface area contributed by atoms with E-state index in [4.69, 9.17) is 5.73 Å². The Bertz CT molecular complexity index is 782. The minimum atomic E-state index is -3.98. The summed E-state index contributed by atoms with van der Waals surface area (Å²) in [4.78, 5) is -0.109. The number of nitrogens with two attached hydrogens (primary N) is 1. The fourth-order valence-electron chi connectivity index (χ4n) is 1.88. The smallest absolute Gasteiger partial charge is 0.261 e. The molecule has 0 saturated carbocycles. The molecule has 4 nitrogen and oxygen atoms in total. The van der Waals surface area contributed by atoms with E-state index in [1.54, 1.807) is 0 Å². The Morgan fingerprint density at radius 1 is 1.05 bits per heavy atom. The third-order valence-electron chi connectivity index (χ3n) is 2.98. The van der Waals surface area contributed by atoms with Gasteiger partial charge in [0.1, 0.15) is 11.6 Å². The summed E-state index contributed by atoms with van der Waals surface area (Å²) in [5.41, 5.74) is 6.06. The monoisotopic (exact) mass is 312 g/mol. The van der Waals surface area contributed by atoms with Crippen LogP contribution in [0.5, 0.6) is 0 Å². The predicted octanol–water partition coefficient (Wildman–Crippen LogP) is 2.96. The van der Waals surface area contributed by atoms with Crippen molar-refractivity contribution in [3.05, 3.63) is 53.1 Å². The molecule has 0 fully saturated rings. The van der Waals surface area contributed by atoms with Gasteiger partial charge in [0.15, 0.2) is 0 Å². The minimum absolute atomic E-state index is 0.0605. The first-order valence-electron chi connectivity index (χ1n) is 6.05. The zero-order chi connectivity index (χ0) is 15.8. The lowest BCUT2D eigenvalue weighted by Gasteiger charge is -2.12. The predicted molar refractivity (Wildman–Crippen MR) is 77.5 cm³/mol. The van der Waals surface area contributed by atoms with Gasteiger partial charge in [-0.25, -0.2) is 17.2 Å². The van der Waals surface area contributed by atoms with E-state index in [-0.39, 0.29) is 27.4 Å². The highest BCUT2D eigenvalue weighted by molar-refractivity contribution is 7.92. The van der Waals surface area contributed by atoms with Crippen LogP contribution in [0.4, 0.5) is 20.2 Å². The highest BCUT2D eigenvalue weighted by Crippen LogP contribution is 2.25. The normalized spacial score (nSPS) is 11.4. The third-order valence-corrected chi connectivity index (χ3v) is 4.32. The fraction of sp³-hybridized carbons (Fsp3) is 0.143. The van der Waals surface area contributed by atoms with Crippen molar-refractivity contribution in [1.82, 2.24) is 0 Å². The van der Waals surface area contributed by atoms with E-state index in [9.17, 15) is 17.2 Å². The van der Waals surface area contributed by atoms with Gasteiger partial charge in [-0.05, 0) is 49.2 Å². The summed E-state index contributed by atoms with van der Waals surface area (Å²) in [6.07, 6.45) is 0. The van der Waals surface area contributed by atoms with Crippen molar-refractivity contribution in [3.63, 3.8) is 0 Å². The van der Waals surface area contributed by atoms with E-state index in [1.165, 1.54) is 32.0 Å². The molecule has 0 aliphatic carbocycles. The maximum Gasteiger partial charge on any atom is 0.261 e. The van der Waals surface area contributed by atoms with Crippen LogP contribution < -0.4 is 10.5 Å². The van der Waals surface area contributed by atoms with Crippen LogP contribution in [0.15, 0.2) is 35.2 Å². The van der Waals surface area contributed by atoms with Crippen LogP contribution in [0.25, 0.3) is 0 Å². The van der Waals surface area contributed by atoms with Gasteiger partial charge < -0.3 is 5.73 Å². The number of nitrogen functional groups attached to an aromatic ring is 1. The van der Waals surface area contributed by atoms with E-state index in [1.807, 2.05) is 0 Å². The van der Waals surface area contributed by atoms with Crippen LogP contribution in [0, 0.1) is 25.5 Å². The van der Waals surface area contributed by atoms with E-state index >= 15 is 0 Å². The van der Waals surface area contributed by atoms with Crippen molar-refractivity contribution in [3.8, 4) is 0 Å². The maximum atomic E-state index is 13.6. The topological polar surface area (TPSA) is 72.2 Å².